The minimum absolute atomic E-state index is 0.0327. The predicted molar refractivity (Wildman–Crippen MR) is 218 cm³/mol. The van der Waals surface area contributed by atoms with E-state index in [9.17, 15) is 19.8 Å². The summed E-state index contributed by atoms with van der Waals surface area (Å²) in [5, 5.41) is 29.6. The van der Waals surface area contributed by atoms with Crippen molar-refractivity contribution in [2.45, 2.75) is 83.8 Å². The number of benzene rings is 2. The van der Waals surface area contributed by atoms with Gasteiger partial charge in [0.1, 0.15) is 17.9 Å². The molecule has 1 saturated heterocycles. The van der Waals surface area contributed by atoms with Crippen LogP contribution in [0.15, 0.2) is 60.8 Å². The van der Waals surface area contributed by atoms with Crippen molar-refractivity contribution in [1.29, 1.82) is 0 Å². The van der Waals surface area contributed by atoms with E-state index in [4.69, 9.17) is 9.57 Å². The van der Waals surface area contributed by atoms with Gasteiger partial charge in [-0.2, -0.15) is 5.06 Å². The third-order valence-electron chi connectivity index (χ3n) is 12.8. The van der Waals surface area contributed by atoms with Crippen LogP contribution in [0.5, 0.6) is 5.75 Å². The molecule has 3 aliphatic carbocycles. The molecule has 0 unspecified atom stereocenters. The zero-order valence-electron chi connectivity index (χ0n) is 34.5. The minimum atomic E-state index is -0.906. The van der Waals surface area contributed by atoms with Crippen molar-refractivity contribution in [3.63, 3.8) is 0 Å². The number of methoxy groups -OCH3 is 1. The van der Waals surface area contributed by atoms with Gasteiger partial charge in [-0.1, -0.05) is 45.0 Å². The van der Waals surface area contributed by atoms with Gasteiger partial charge >= 0.3 is 0 Å². The Balaban J connectivity index is 1.28. The lowest BCUT2D eigenvalue weighted by Crippen LogP contribution is -2.62. The van der Waals surface area contributed by atoms with Crippen molar-refractivity contribution < 1.29 is 29.4 Å². The van der Waals surface area contributed by atoms with Gasteiger partial charge < -0.3 is 35.4 Å². The van der Waals surface area contributed by atoms with E-state index in [1.165, 1.54) is 6.42 Å². The normalized spacial score (nSPS) is 26.6. The Kier molecular flexibility index (Phi) is 12.8. The van der Waals surface area contributed by atoms with E-state index >= 15 is 0 Å². The van der Waals surface area contributed by atoms with Crippen molar-refractivity contribution in [3.05, 3.63) is 77.6 Å². The fourth-order valence-electron chi connectivity index (χ4n) is 9.63. The summed E-state index contributed by atoms with van der Waals surface area (Å²) in [6.45, 7) is 9.01. The molecule has 3 aromatic rings. The molecule has 2 aromatic carbocycles. The zero-order chi connectivity index (χ0) is 40.5. The van der Waals surface area contributed by atoms with E-state index < -0.39 is 24.2 Å². The topological polar surface area (TPSA) is 140 Å². The van der Waals surface area contributed by atoms with Crippen LogP contribution in [0.2, 0.25) is 0 Å². The van der Waals surface area contributed by atoms with Gasteiger partial charge in [-0.3, -0.25) is 19.4 Å². The Labute approximate surface area is 332 Å². The van der Waals surface area contributed by atoms with E-state index in [2.05, 4.69) is 41.3 Å². The molecule has 56 heavy (non-hydrogen) atoms. The van der Waals surface area contributed by atoms with Gasteiger partial charge in [-0.15, -0.1) is 0 Å². The molecule has 12 nitrogen and oxygen atoms in total. The number of nitrogens with one attached hydrogen (secondary N) is 2. The number of hydrogen-bond donors (Lipinski definition) is 4. The number of amides is 2. The Morgan fingerprint density at radius 2 is 1.86 bits per heavy atom. The first kappa shape index (κ1) is 41.6. The maximum atomic E-state index is 14.3. The fourth-order valence-corrected chi connectivity index (χ4v) is 9.63. The van der Waals surface area contributed by atoms with Crippen molar-refractivity contribution in [1.82, 2.24) is 25.6 Å². The first-order chi connectivity index (χ1) is 26.6. The van der Waals surface area contributed by atoms with Crippen LogP contribution in [-0.4, -0.2) is 116 Å². The monoisotopic (exact) mass is 770 g/mol. The summed E-state index contributed by atoms with van der Waals surface area (Å²) in [7, 11) is 9.45. The molecule has 2 amide bonds. The van der Waals surface area contributed by atoms with Gasteiger partial charge in [0, 0.05) is 79.3 Å². The van der Waals surface area contributed by atoms with Crippen LogP contribution in [0.1, 0.15) is 62.2 Å². The van der Waals surface area contributed by atoms with Crippen LogP contribution < -0.4 is 20.3 Å². The smallest absolute Gasteiger partial charge is 0.251 e. The summed E-state index contributed by atoms with van der Waals surface area (Å²) < 4.78 is 6.10. The summed E-state index contributed by atoms with van der Waals surface area (Å²) in [5.41, 5.74) is 4.84. The number of pyridine rings is 1. The molecule has 0 radical (unpaired) electrons. The van der Waals surface area contributed by atoms with Gasteiger partial charge in [0.15, 0.2) is 0 Å². The summed E-state index contributed by atoms with van der Waals surface area (Å²) in [6.07, 6.45) is 2.81. The molecular formula is C44H62N6O6. The second kappa shape index (κ2) is 17.2. The standard InChI is InChI=1S/C44H62N6O6/c1-26-36-20-31(44(36,3)4)21-37(26)47-43(54)40-39(27(2)52)38(25-51)56-50(40)23-28-13-12-15-35(41(28)55-9)29-17-30(19-34(18-29)49(7)8)42(53)46-33(24-48(5)6)22-32-14-10-11-16-45-32/h10-19,26-27,31,33,36-40,51-52H,20-25H2,1-9H3,(H,46,53)(H,47,54)/t26-,27-,31+,33-,36-,37-,38-,39+,40-/m0/s1. The molecule has 2 heterocycles. The minimum Gasteiger partial charge on any atom is -0.496 e. The molecule has 9 atom stereocenters. The van der Waals surface area contributed by atoms with E-state index in [0.29, 0.717) is 42.0 Å². The number of fused-ring (bicyclic) bond motifs is 2. The van der Waals surface area contributed by atoms with Gasteiger partial charge in [0.2, 0.25) is 5.91 Å². The van der Waals surface area contributed by atoms with Crippen LogP contribution in [0.25, 0.3) is 11.1 Å². The molecule has 7 rings (SSSR count). The summed E-state index contributed by atoms with van der Waals surface area (Å²) in [4.78, 5) is 43.1. The summed E-state index contributed by atoms with van der Waals surface area (Å²) >= 11 is 0. The fraction of sp³-hybridized carbons (Fsp3) is 0.568. The molecule has 4 fully saturated rings. The molecule has 4 aliphatic rings. The number of nitrogens with zero attached hydrogens (tertiary/aromatic N) is 4. The SMILES string of the molecule is COc1c(CN2O[C@@H](CO)[C@@H]([C@H](C)O)[C@H]2C(=O)N[C@H]2C[C@H]3C[C@@H]([C@@H]2C)C3(C)C)cccc1-c1cc(C(=O)N[C@@H](Cc2ccccn2)CN(C)C)cc(N(C)C)c1. The number of carbonyl (C=O) groups excluding carboxylic acids is 2. The van der Waals surface area contributed by atoms with Crippen LogP contribution in [0, 0.1) is 29.1 Å². The second-order valence-corrected chi connectivity index (χ2v) is 17.4. The lowest BCUT2D eigenvalue weighted by Gasteiger charge is -2.62. The van der Waals surface area contributed by atoms with Crippen LogP contribution in [0.3, 0.4) is 0 Å². The Hall–Kier alpha value is -4.07. The Bertz CT molecular complexity index is 1840. The lowest BCUT2D eigenvalue weighted by atomic mass is 9.45. The first-order valence-corrected chi connectivity index (χ1v) is 20.0. The van der Waals surface area contributed by atoms with Crippen molar-refractivity contribution in [3.8, 4) is 16.9 Å². The molecule has 1 aliphatic heterocycles. The number of para-hydroxylation sites is 1. The quantitative estimate of drug-likeness (QED) is 0.176. The van der Waals surface area contributed by atoms with Crippen molar-refractivity contribution in [2.24, 2.45) is 29.1 Å². The highest BCUT2D eigenvalue weighted by Gasteiger charge is 2.57. The van der Waals surface area contributed by atoms with Crippen molar-refractivity contribution >= 4 is 17.5 Å². The van der Waals surface area contributed by atoms with Gasteiger partial charge in [-0.25, -0.2) is 0 Å². The van der Waals surface area contributed by atoms with Gasteiger partial charge in [-0.05, 0) is 92.9 Å². The molecule has 304 valence electrons. The average molecular weight is 771 g/mol. The molecule has 1 aromatic heterocycles. The maximum Gasteiger partial charge on any atom is 0.251 e. The molecule has 3 saturated carbocycles. The Morgan fingerprint density at radius 3 is 2.46 bits per heavy atom. The number of rotatable bonds is 15. The van der Waals surface area contributed by atoms with Gasteiger partial charge in [0.25, 0.3) is 5.91 Å². The number of hydrogen-bond acceptors (Lipinski definition) is 10. The molecular weight excluding hydrogens is 709 g/mol. The van der Waals surface area contributed by atoms with Crippen LogP contribution >= 0.6 is 0 Å². The van der Waals surface area contributed by atoms with Crippen molar-refractivity contribution in [2.75, 3.05) is 53.4 Å². The van der Waals surface area contributed by atoms with Gasteiger partial charge in [0.05, 0.1) is 26.4 Å². The number of hydroxylamine groups is 2. The molecule has 12 heteroatoms. The molecule has 0 spiro atoms. The second-order valence-electron chi connectivity index (χ2n) is 17.4. The number of aliphatic hydroxyl groups is 2. The largest absolute Gasteiger partial charge is 0.496 e. The number of aromatic nitrogens is 1. The third kappa shape index (κ3) is 8.60. The number of anilines is 1. The highest BCUT2D eigenvalue weighted by atomic mass is 16.7. The van der Waals surface area contributed by atoms with E-state index in [0.717, 1.165) is 34.5 Å². The molecule has 4 N–H and O–H groups in total. The van der Waals surface area contributed by atoms with E-state index in [1.54, 1.807) is 25.3 Å². The van der Waals surface area contributed by atoms with E-state index in [1.807, 2.05) is 87.7 Å². The number of likely N-dealkylation sites (N-methyl/N-ethyl adjacent to an activating group) is 1. The highest BCUT2D eigenvalue weighted by Crippen LogP contribution is 2.61. The molecule has 2 bridgehead atoms. The Morgan fingerprint density at radius 1 is 1.09 bits per heavy atom. The van der Waals surface area contributed by atoms with Crippen LogP contribution in [0.4, 0.5) is 5.69 Å². The zero-order valence-corrected chi connectivity index (χ0v) is 34.5. The summed E-state index contributed by atoms with van der Waals surface area (Å²) in [6, 6.07) is 16.4. The number of carbonyl (C=O) groups is 2. The number of aliphatic hydroxyl groups excluding tert-OH is 2. The first-order valence-electron chi connectivity index (χ1n) is 20.0. The average Bonchev–Trinajstić information content (AvgIpc) is 3.53. The maximum absolute atomic E-state index is 14.3. The predicted octanol–water partition coefficient (Wildman–Crippen LogP) is 4.39. The lowest BCUT2D eigenvalue weighted by molar-refractivity contribution is -0.183. The van der Waals surface area contributed by atoms with E-state index in [-0.39, 0.29) is 42.5 Å². The number of ether oxygens (including phenoxy) is 1. The highest BCUT2D eigenvalue weighted by molar-refractivity contribution is 5.97. The third-order valence-corrected chi connectivity index (χ3v) is 12.8. The summed E-state index contributed by atoms with van der Waals surface area (Å²) in [5.74, 6) is 0.972. The van der Waals surface area contributed by atoms with Crippen LogP contribution in [-0.2, 0) is 22.6 Å².